The third-order valence-corrected chi connectivity index (χ3v) is 4.36. The Morgan fingerprint density at radius 1 is 1.00 bits per heavy atom. The summed E-state index contributed by atoms with van der Waals surface area (Å²) in [6.07, 6.45) is 0.724. The number of ether oxygens (including phenoxy) is 3. The Bertz CT molecular complexity index is 746. The van der Waals surface area contributed by atoms with Crippen LogP contribution in [0.3, 0.4) is 0 Å². The van der Waals surface area contributed by atoms with Crippen LogP contribution in [0.15, 0.2) is 24.3 Å². The van der Waals surface area contributed by atoms with Gasteiger partial charge in [-0.3, -0.25) is 0 Å². The highest BCUT2D eigenvalue weighted by atomic mass is 19.1. The van der Waals surface area contributed by atoms with Gasteiger partial charge in [-0.05, 0) is 36.2 Å². The Kier molecular flexibility index (Phi) is 4.13. The molecule has 2 aromatic rings. The van der Waals surface area contributed by atoms with Crippen molar-refractivity contribution in [3.05, 3.63) is 41.2 Å². The van der Waals surface area contributed by atoms with E-state index in [4.69, 9.17) is 19.9 Å². The van der Waals surface area contributed by atoms with E-state index in [1.165, 1.54) is 6.07 Å². The number of hydrogen-bond donors (Lipinski definition) is 1. The first kappa shape index (κ1) is 15.6. The third kappa shape index (κ3) is 2.23. The van der Waals surface area contributed by atoms with Gasteiger partial charge in [0.15, 0.2) is 11.5 Å². The second-order valence-corrected chi connectivity index (χ2v) is 5.44. The maximum absolute atomic E-state index is 14.6. The molecule has 1 unspecified atom stereocenters. The van der Waals surface area contributed by atoms with Gasteiger partial charge < -0.3 is 19.9 Å². The van der Waals surface area contributed by atoms with Crippen molar-refractivity contribution < 1.29 is 18.6 Å². The van der Waals surface area contributed by atoms with Gasteiger partial charge >= 0.3 is 0 Å². The van der Waals surface area contributed by atoms with E-state index >= 15 is 0 Å². The summed E-state index contributed by atoms with van der Waals surface area (Å²) in [7, 11) is 4.67. The number of halogens is 1. The van der Waals surface area contributed by atoms with Crippen molar-refractivity contribution >= 4 is 0 Å². The Balaban J connectivity index is 2.38. The van der Waals surface area contributed by atoms with Gasteiger partial charge in [-0.25, -0.2) is 4.39 Å². The highest BCUT2D eigenvalue weighted by Crippen LogP contribution is 2.56. The van der Waals surface area contributed by atoms with Crippen LogP contribution < -0.4 is 19.9 Å². The van der Waals surface area contributed by atoms with Gasteiger partial charge in [-0.2, -0.15) is 0 Å². The van der Waals surface area contributed by atoms with Gasteiger partial charge in [0.05, 0.1) is 21.3 Å². The van der Waals surface area contributed by atoms with Crippen LogP contribution >= 0.6 is 0 Å². The molecule has 2 N–H and O–H groups in total. The van der Waals surface area contributed by atoms with Crippen LogP contribution in [0.5, 0.6) is 17.2 Å². The molecule has 0 radical (unpaired) electrons. The van der Waals surface area contributed by atoms with E-state index in [0.717, 1.165) is 23.1 Å². The SMILES string of the molecule is COc1cc2c(c(OC)c1OC)-c1c(F)cccc1C2CCN. The maximum Gasteiger partial charge on any atom is 0.203 e. The summed E-state index contributed by atoms with van der Waals surface area (Å²) in [5.41, 5.74) is 8.97. The van der Waals surface area contributed by atoms with E-state index in [2.05, 4.69) is 0 Å². The fourth-order valence-corrected chi connectivity index (χ4v) is 3.45. The zero-order valence-electron chi connectivity index (χ0n) is 13.5. The molecule has 1 atom stereocenters. The highest BCUT2D eigenvalue weighted by molar-refractivity contribution is 5.87. The topological polar surface area (TPSA) is 53.7 Å². The first-order valence-corrected chi connectivity index (χ1v) is 7.49. The van der Waals surface area contributed by atoms with Crippen LogP contribution in [-0.2, 0) is 0 Å². The molecule has 0 fully saturated rings. The van der Waals surface area contributed by atoms with Gasteiger partial charge in [0.2, 0.25) is 5.75 Å². The van der Waals surface area contributed by atoms with Crippen molar-refractivity contribution in [2.45, 2.75) is 12.3 Å². The number of benzene rings is 2. The molecule has 0 aromatic heterocycles. The molecule has 0 aliphatic heterocycles. The molecular formula is C18H20FNO3. The van der Waals surface area contributed by atoms with Crippen molar-refractivity contribution in [1.29, 1.82) is 0 Å². The predicted octanol–water partition coefficient (Wildman–Crippen LogP) is 3.31. The van der Waals surface area contributed by atoms with E-state index in [1.54, 1.807) is 27.4 Å². The lowest BCUT2D eigenvalue weighted by Gasteiger charge is -2.18. The summed E-state index contributed by atoms with van der Waals surface area (Å²) in [6.45, 7) is 0.511. The predicted molar refractivity (Wildman–Crippen MR) is 87.0 cm³/mol. The van der Waals surface area contributed by atoms with E-state index in [1.807, 2.05) is 12.1 Å². The van der Waals surface area contributed by atoms with Crippen molar-refractivity contribution in [3.63, 3.8) is 0 Å². The molecule has 5 heteroatoms. The molecular weight excluding hydrogens is 297 g/mol. The minimum Gasteiger partial charge on any atom is -0.493 e. The van der Waals surface area contributed by atoms with E-state index in [9.17, 15) is 4.39 Å². The summed E-state index contributed by atoms with van der Waals surface area (Å²) in [5, 5.41) is 0. The van der Waals surface area contributed by atoms with Gasteiger partial charge in [0.25, 0.3) is 0 Å². The molecule has 2 aromatic carbocycles. The van der Waals surface area contributed by atoms with Crippen LogP contribution in [0.2, 0.25) is 0 Å². The van der Waals surface area contributed by atoms with Gasteiger partial charge in [-0.1, -0.05) is 12.1 Å². The summed E-state index contributed by atoms with van der Waals surface area (Å²) in [5.74, 6) is 1.28. The van der Waals surface area contributed by atoms with E-state index in [0.29, 0.717) is 29.4 Å². The highest BCUT2D eigenvalue weighted by Gasteiger charge is 2.36. The lowest BCUT2D eigenvalue weighted by Crippen LogP contribution is -2.07. The Morgan fingerprint density at radius 3 is 2.35 bits per heavy atom. The molecule has 0 amide bonds. The largest absolute Gasteiger partial charge is 0.493 e. The number of methoxy groups -OCH3 is 3. The standard InChI is InChI=1S/C18H20FNO3/c1-21-14-9-12-10(7-8-20)11-5-4-6-13(19)15(11)16(12)18(23-3)17(14)22-2/h4-6,9-10H,7-8,20H2,1-3H3. The first-order chi connectivity index (χ1) is 11.2. The summed E-state index contributed by atoms with van der Waals surface area (Å²) in [4.78, 5) is 0. The number of hydrogen-bond acceptors (Lipinski definition) is 4. The van der Waals surface area contributed by atoms with Crippen LogP contribution in [0.4, 0.5) is 4.39 Å². The second kappa shape index (κ2) is 6.08. The Hall–Kier alpha value is -2.27. The molecule has 0 bridgehead atoms. The van der Waals surface area contributed by atoms with Crippen LogP contribution in [0, 0.1) is 5.82 Å². The average molecular weight is 317 g/mol. The minimum atomic E-state index is -0.270. The smallest absolute Gasteiger partial charge is 0.203 e. The molecule has 4 nitrogen and oxygen atoms in total. The van der Waals surface area contributed by atoms with Gasteiger partial charge in [-0.15, -0.1) is 0 Å². The lowest BCUT2D eigenvalue weighted by molar-refractivity contribution is 0.324. The van der Waals surface area contributed by atoms with Crippen LogP contribution in [-0.4, -0.2) is 27.9 Å². The number of fused-ring (bicyclic) bond motifs is 3. The van der Waals surface area contributed by atoms with Gasteiger partial charge in [0.1, 0.15) is 5.82 Å². The normalized spacial score (nSPS) is 15.1. The molecule has 0 saturated heterocycles. The number of nitrogens with two attached hydrogens (primary N) is 1. The molecule has 1 aliphatic carbocycles. The summed E-state index contributed by atoms with van der Waals surface area (Å²) in [6, 6.07) is 7.03. The van der Waals surface area contributed by atoms with E-state index in [-0.39, 0.29) is 11.7 Å². The van der Waals surface area contributed by atoms with Crippen molar-refractivity contribution in [2.75, 3.05) is 27.9 Å². The lowest BCUT2D eigenvalue weighted by atomic mass is 9.93. The molecule has 122 valence electrons. The zero-order valence-corrected chi connectivity index (χ0v) is 13.5. The quantitative estimate of drug-likeness (QED) is 0.919. The molecule has 23 heavy (non-hydrogen) atoms. The third-order valence-electron chi connectivity index (χ3n) is 4.36. The molecule has 0 heterocycles. The second-order valence-electron chi connectivity index (χ2n) is 5.44. The van der Waals surface area contributed by atoms with Crippen molar-refractivity contribution in [3.8, 4) is 28.4 Å². The zero-order chi connectivity index (χ0) is 16.6. The van der Waals surface area contributed by atoms with E-state index < -0.39 is 0 Å². The first-order valence-electron chi connectivity index (χ1n) is 7.49. The minimum absolute atomic E-state index is 0.0226. The molecule has 0 saturated carbocycles. The maximum atomic E-state index is 14.6. The molecule has 3 rings (SSSR count). The fraction of sp³-hybridized carbons (Fsp3) is 0.333. The molecule has 1 aliphatic rings. The van der Waals surface area contributed by atoms with Crippen LogP contribution in [0.25, 0.3) is 11.1 Å². The summed E-state index contributed by atoms with van der Waals surface area (Å²) >= 11 is 0. The summed E-state index contributed by atoms with van der Waals surface area (Å²) < 4.78 is 31.0. The fourth-order valence-electron chi connectivity index (χ4n) is 3.45. The van der Waals surface area contributed by atoms with Gasteiger partial charge in [0, 0.05) is 17.0 Å². The Labute approximate surface area is 135 Å². The average Bonchev–Trinajstić information content (AvgIpc) is 2.88. The van der Waals surface area contributed by atoms with Crippen LogP contribution in [0.1, 0.15) is 23.5 Å². The van der Waals surface area contributed by atoms with Crippen molar-refractivity contribution in [2.24, 2.45) is 5.73 Å². The molecule has 0 spiro atoms. The number of rotatable bonds is 5. The Morgan fingerprint density at radius 2 is 1.74 bits per heavy atom. The van der Waals surface area contributed by atoms with Crippen molar-refractivity contribution in [1.82, 2.24) is 0 Å². The monoisotopic (exact) mass is 317 g/mol.